The van der Waals surface area contributed by atoms with Crippen LogP contribution in [-0.2, 0) is 4.74 Å². The van der Waals surface area contributed by atoms with Gasteiger partial charge in [0.1, 0.15) is 0 Å². The maximum Gasteiger partial charge on any atom is 0.0674 e. The first-order valence-electron chi connectivity index (χ1n) is 7.78. The van der Waals surface area contributed by atoms with Gasteiger partial charge in [0.25, 0.3) is 0 Å². The Hall–Kier alpha value is -0.900. The van der Waals surface area contributed by atoms with Gasteiger partial charge in [0.2, 0.25) is 0 Å². The van der Waals surface area contributed by atoms with Crippen molar-refractivity contribution in [2.24, 2.45) is 5.92 Å². The first-order chi connectivity index (χ1) is 9.66. The van der Waals surface area contributed by atoms with E-state index in [2.05, 4.69) is 61.3 Å². The average molecular weight is 276 g/mol. The topological polar surface area (TPSA) is 24.5 Å². The van der Waals surface area contributed by atoms with Crippen molar-refractivity contribution in [1.82, 2.24) is 10.2 Å². The second-order valence-electron chi connectivity index (χ2n) is 6.15. The van der Waals surface area contributed by atoms with Gasteiger partial charge in [-0.05, 0) is 24.9 Å². The highest BCUT2D eigenvalue weighted by molar-refractivity contribution is 5.19. The molecule has 1 N–H and O–H groups in total. The lowest BCUT2D eigenvalue weighted by Crippen LogP contribution is -2.46. The van der Waals surface area contributed by atoms with Gasteiger partial charge in [-0.15, -0.1) is 0 Å². The molecule has 1 aromatic rings. The maximum atomic E-state index is 5.67. The molecule has 3 nitrogen and oxygen atoms in total. The molecular formula is C17H28N2O. The van der Waals surface area contributed by atoms with Crippen LogP contribution in [0.15, 0.2) is 30.3 Å². The van der Waals surface area contributed by atoms with Gasteiger partial charge in [0.15, 0.2) is 0 Å². The Morgan fingerprint density at radius 1 is 1.25 bits per heavy atom. The minimum Gasteiger partial charge on any atom is -0.376 e. The minimum absolute atomic E-state index is 0.333. The average Bonchev–Trinajstić information content (AvgIpc) is 2.44. The second-order valence-corrected chi connectivity index (χ2v) is 6.15. The normalized spacial score (nSPS) is 22.1. The lowest BCUT2D eigenvalue weighted by Gasteiger charge is -2.37. The Morgan fingerprint density at radius 3 is 2.65 bits per heavy atom. The van der Waals surface area contributed by atoms with Crippen LogP contribution in [0, 0.1) is 5.92 Å². The molecule has 0 aromatic heterocycles. The van der Waals surface area contributed by atoms with Crippen molar-refractivity contribution in [2.45, 2.75) is 32.9 Å². The van der Waals surface area contributed by atoms with Gasteiger partial charge in [-0.3, -0.25) is 4.90 Å². The van der Waals surface area contributed by atoms with Crippen LogP contribution in [0.25, 0.3) is 0 Å². The van der Waals surface area contributed by atoms with E-state index in [1.165, 1.54) is 5.56 Å². The fraction of sp³-hybridized carbons (Fsp3) is 0.647. The Bertz CT molecular complexity index is 380. The van der Waals surface area contributed by atoms with Crippen LogP contribution in [-0.4, -0.2) is 43.8 Å². The van der Waals surface area contributed by atoms with Crippen LogP contribution >= 0.6 is 0 Å². The van der Waals surface area contributed by atoms with Crippen molar-refractivity contribution < 1.29 is 4.74 Å². The molecule has 0 amide bonds. The summed E-state index contributed by atoms with van der Waals surface area (Å²) in [5, 5.41) is 3.61. The summed E-state index contributed by atoms with van der Waals surface area (Å²) in [7, 11) is 0. The largest absolute Gasteiger partial charge is 0.376 e. The summed E-state index contributed by atoms with van der Waals surface area (Å²) in [4.78, 5) is 2.55. The van der Waals surface area contributed by atoms with E-state index in [-0.39, 0.29) is 0 Å². The molecule has 3 heteroatoms. The molecule has 1 aliphatic rings. The molecule has 2 unspecified atom stereocenters. The summed E-state index contributed by atoms with van der Waals surface area (Å²) in [6, 6.07) is 11.3. The Morgan fingerprint density at radius 2 is 2.00 bits per heavy atom. The van der Waals surface area contributed by atoms with E-state index in [1.807, 2.05) is 0 Å². The number of morpholine rings is 1. The smallest absolute Gasteiger partial charge is 0.0674 e. The molecule has 0 radical (unpaired) electrons. The molecule has 0 bridgehead atoms. The van der Waals surface area contributed by atoms with Crippen LogP contribution < -0.4 is 5.32 Å². The first kappa shape index (κ1) is 15.5. The number of rotatable bonds is 6. The lowest BCUT2D eigenvalue weighted by atomic mass is 10.0. The molecule has 1 saturated heterocycles. The van der Waals surface area contributed by atoms with E-state index in [0.29, 0.717) is 18.1 Å². The highest BCUT2D eigenvalue weighted by atomic mass is 16.5. The van der Waals surface area contributed by atoms with Crippen molar-refractivity contribution in [1.29, 1.82) is 0 Å². The third-order valence-corrected chi connectivity index (χ3v) is 3.79. The van der Waals surface area contributed by atoms with Crippen LogP contribution in [0.4, 0.5) is 0 Å². The molecule has 2 atom stereocenters. The first-order valence-corrected chi connectivity index (χ1v) is 7.78. The molecule has 1 aromatic carbocycles. The van der Waals surface area contributed by atoms with Crippen molar-refractivity contribution in [3.8, 4) is 0 Å². The summed E-state index contributed by atoms with van der Waals surface area (Å²) in [5.41, 5.74) is 1.40. The summed E-state index contributed by atoms with van der Waals surface area (Å²) in [6.45, 7) is 11.6. The molecule has 1 heterocycles. The molecule has 0 spiro atoms. The number of benzene rings is 1. The van der Waals surface area contributed by atoms with E-state index >= 15 is 0 Å². The molecule has 20 heavy (non-hydrogen) atoms. The van der Waals surface area contributed by atoms with E-state index in [1.54, 1.807) is 0 Å². The summed E-state index contributed by atoms with van der Waals surface area (Å²) in [6.07, 6.45) is 0.333. The van der Waals surface area contributed by atoms with E-state index in [0.717, 1.165) is 32.8 Å². The zero-order valence-electron chi connectivity index (χ0n) is 13.0. The SMILES string of the molecule is CC(C)CNCC(c1ccccc1)N1CCOC(C)C1. The predicted octanol–water partition coefficient (Wildman–Crippen LogP) is 2.69. The second kappa shape index (κ2) is 7.77. The molecular weight excluding hydrogens is 248 g/mol. The van der Waals surface area contributed by atoms with E-state index in [9.17, 15) is 0 Å². The van der Waals surface area contributed by atoms with Gasteiger partial charge < -0.3 is 10.1 Å². The highest BCUT2D eigenvalue weighted by Crippen LogP contribution is 2.22. The van der Waals surface area contributed by atoms with Crippen LogP contribution in [0.5, 0.6) is 0 Å². The fourth-order valence-corrected chi connectivity index (χ4v) is 2.77. The van der Waals surface area contributed by atoms with E-state index < -0.39 is 0 Å². The number of nitrogens with one attached hydrogen (secondary N) is 1. The van der Waals surface area contributed by atoms with Crippen LogP contribution in [0.1, 0.15) is 32.4 Å². The predicted molar refractivity (Wildman–Crippen MR) is 83.9 cm³/mol. The summed E-state index contributed by atoms with van der Waals surface area (Å²) >= 11 is 0. The standard InChI is InChI=1S/C17H28N2O/c1-14(2)11-18-12-17(16-7-5-4-6-8-16)19-9-10-20-15(3)13-19/h4-8,14-15,17-18H,9-13H2,1-3H3. The van der Waals surface area contributed by atoms with Crippen molar-refractivity contribution in [2.75, 3.05) is 32.8 Å². The lowest BCUT2D eigenvalue weighted by molar-refractivity contribution is -0.0344. The zero-order valence-corrected chi connectivity index (χ0v) is 13.0. The van der Waals surface area contributed by atoms with Gasteiger partial charge in [-0.1, -0.05) is 44.2 Å². The van der Waals surface area contributed by atoms with Crippen molar-refractivity contribution >= 4 is 0 Å². The number of ether oxygens (including phenoxy) is 1. The number of nitrogens with zero attached hydrogens (tertiary/aromatic N) is 1. The van der Waals surface area contributed by atoms with Crippen molar-refractivity contribution in [3.05, 3.63) is 35.9 Å². The van der Waals surface area contributed by atoms with Crippen molar-refractivity contribution in [3.63, 3.8) is 0 Å². The maximum absolute atomic E-state index is 5.67. The van der Waals surface area contributed by atoms with Gasteiger partial charge in [-0.25, -0.2) is 0 Å². The van der Waals surface area contributed by atoms with Gasteiger partial charge in [0.05, 0.1) is 12.7 Å². The monoisotopic (exact) mass is 276 g/mol. The van der Waals surface area contributed by atoms with Gasteiger partial charge in [0, 0.05) is 25.7 Å². The quantitative estimate of drug-likeness (QED) is 0.864. The van der Waals surface area contributed by atoms with Gasteiger partial charge in [-0.2, -0.15) is 0 Å². The van der Waals surface area contributed by atoms with Crippen LogP contribution in [0.2, 0.25) is 0 Å². The Kier molecular flexibility index (Phi) is 6.02. The van der Waals surface area contributed by atoms with E-state index in [4.69, 9.17) is 4.74 Å². The fourth-order valence-electron chi connectivity index (χ4n) is 2.77. The molecule has 2 rings (SSSR count). The van der Waals surface area contributed by atoms with Gasteiger partial charge >= 0.3 is 0 Å². The Balaban J connectivity index is 2.03. The highest BCUT2D eigenvalue weighted by Gasteiger charge is 2.25. The molecule has 0 aliphatic carbocycles. The Labute approximate surface area is 123 Å². The minimum atomic E-state index is 0.333. The third kappa shape index (κ3) is 4.58. The summed E-state index contributed by atoms with van der Waals surface area (Å²) < 4.78 is 5.67. The summed E-state index contributed by atoms with van der Waals surface area (Å²) in [5.74, 6) is 0.690. The molecule has 1 aliphatic heterocycles. The molecule has 0 saturated carbocycles. The zero-order chi connectivity index (χ0) is 14.4. The molecule has 1 fully saturated rings. The number of hydrogen-bond acceptors (Lipinski definition) is 3. The molecule has 112 valence electrons. The number of hydrogen-bond donors (Lipinski definition) is 1. The third-order valence-electron chi connectivity index (χ3n) is 3.79. The van der Waals surface area contributed by atoms with Crippen LogP contribution in [0.3, 0.4) is 0 Å².